The topological polar surface area (TPSA) is 72.5 Å². The average Bonchev–Trinajstić information content (AvgIpc) is 3.00. The lowest BCUT2D eigenvalue weighted by molar-refractivity contribution is -0.384. The maximum Gasteiger partial charge on any atom is 0.269 e. The molecule has 3 aromatic rings. The van der Waals surface area contributed by atoms with E-state index < -0.39 is 4.92 Å². The monoisotopic (exact) mass is 336 g/mol. The van der Waals surface area contributed by atoms with Crippen LogP contribution in [0.1, 0.15) is 31.9 Å². The molecule has 0 radical (unpaired) electrons. The number of nitrogens with one attached hydrogen (secondary N) is 1. The second-order valence-corrected chi connectivity index (χ2v) is 5.94. The molecule has 1 heterocycles. The third-order valence-electron chi connectivity index (χ3n) is 4.31. The van der Waals surface area contributed by atoms with E-state index >= 15 is 0 Å². The van der Waals surface area contributed by atoms with Gasteiger partial charge >= 0.3 is 0 Å². The van der Waals surface area contributed by atoms with Crippen LogP contribution in [0.25, 0.3) is 10.9 Å². The van der Waals surface area contributed by atoms with Gasteiger partial charge in [0.25, 0.3) is 5.69 Å². The predicted octanol–water partition coefficient (Wildman–Crippen LogP) is 4.97. The second-order valence-electron chi connectivity index (χ2n) is 5.94. The van der Waals surface area contributed by atoms with Gasteiger partial charge in [-0.1, -0.05) is 25.1 Å². The van der Waals surface area contributed by atoms with Crippen LogP contribution < -0.4 is 5.43 Å². The van der Waals surface area contributed by atoms with Gasteiger partial charge in [0.05, 0.1) is 16.8 Å². The summed E-state index contributed by atoms with van der Waals surface area (Å²) < 4.78 is 2.27. The third kappa shape index (κ3) is 3.52. The van der Waals surface area contributed by atoms with E-state index in [-0.39, 0.29) is 5.69 Å². The standard InChI is InChI=1S/C19H20N4O2/c1-3-14(2)22-13-15(18-6-4-5-7-19(18)22)12-20-21-16-8-10-17(11-9-16)23(24)25/h4-14,21H,3H2,1-2H3/b20-12+/t14-/m0/s1. The number of nitro groups is 1. The van der Waals surface area contributed by atoms with E-state index in [1.54, 1.807) is 18.3 Å². The molecule has 25 heavy (non-hydrogen) atoms. The number of non-ortho nitro benzene ring substituents is 1. The Kier molecular flexibility index (Phi) is 4.79. The number of benzene rings is 2. The lowest BCUT2D eigenvalue weighted by Crippen LogP contribution is -2.01. The molecular weight excluding hydrogens is 316 g/mol. The number of para-hydroxylation sites is 1. The summed E-state index contributed by atoms with van der Waals surface area (Å²) in [6, 6.07) is 14.8. The molecule has 0 bridgehead atoms. The number of hydrogen-bond acceptors (Lipinski definition) is 4. The van der Waals surface area contributed by atoms with Gasteiger partial charge in [-0.05, 0) is 31.5 Å². The molecule has 0 aliphatic heterocycles. The lowest BCUT2D eigenvalue weighted by atomic mass is 10.2. The number of anilines is 1. The Morgan fingerprint density at radius 1 is 1.24 bits per heavy atom. The van der Waals surface area contributed by atoms with Gasteiger partial charge in [-0.15, -0.1) is 0 Å². The predicted molar refractivity (Wildman–Crippen MR) is 101 cm³/mol. The fourth-order valence-corrected chi connectivity index (χ4v) is 2.73. The first kappa shape index (κ1) is 16.7. The van der Waals surface area contributed by atoms with E-state index in [9.17, 15) is 10.1 Å². The van der Waals surface area contributed by atoms with Gasteiger partial charge in [-0.3, -0.25) is 15.5 Å². The zero-order valence-corrected chi connectivity index (χ0v) is 14.2. The molecule has 2 aromatic carbocycles. The van der Waals surface area contributed by atoms with E-state index in [0.29, 0.717) is 11.7 Å². The summed E-state index contributed by atoms with van der Waals surface area (Å²) in [4.78, 5) is 10.3. The van der Waals surface area contributed by atoms with Gasteiger partial charge < -0.3 is 4.57 Å². The summed E-state index contributed by atoms with van der Waals surface area (Å²) in [5, 5.41) is 16.1. The quantitative estimate of drug-likeness (QED) is 0.392. The Labute approximate surface area is 145 Å². The summed E-state index contributed by atoms with van der Waals surface area (Å²) in [5.41, 5.74) is 5.90. The highest BCUT2D eigenvalue weighted by Crippen LogP contribution is 2.25. The number of hydrazone groups is 1. The van der Waals surface area contributed by atoms with Crippen molar-refractivity contribution in [3.8, 4) is 0 Å². The van der Waals surface area contributed by atoms with Crippen molar-refractivity contribution in [1.82, 2.24) is 4.57 Å². The number of fused-ring (bicyclic) bond motifs is 1. The van der Waals surface area contributed by atoms with Gasteiger partial charge in [0.2, 0.25) is 0 Å². The minimum atomic E-state index is -0.420. The van der Waals surface area contributed by atoms with Gasteiger partial charge in [0, 0.05) is 40.8 Å². The molecule has 6 heteroatoms. The number of nitro benzene ring substituents is 1. The summed E-state index contributed by atoms with van der Waals surface area (Å²) in [6.07, 6.45) is 4.94. The molecule has 128 valence electrons. The molecule has 0 aliphatic carbocycles. The largest absolute Gasteiger partial charge is 0.344 e. The Morgan fingerprint density at radius 3 is 2.64 bits per heavy atom. The van der Waals surface area contributed by atoms with Crippen LogP contribution in [0, 0.1) is 10.1 Å². The Balaban J connectivity index is 1.82. The smallest absolute Gasteiger partial charge is 0.269 e. The normalized spacial score (nSPS) is 12.6. The van der Waals surface area contributed by atoms with E-state index in [0.717, 1.165) is 17.4 Å². The first-order chi connectivity index (χ1) is 12.1. The molecule has 0 spiro atoms. The summed E-state index contributed by atoms with van der Waals surface area (Å²) in [7, 11) is 0. The highest BCUT2D eigenvalue weighted by atomic mass is 16.6. The van der Waals surface area contributed by atoms with E-state index in [1.165, 1.54) is 17.6 Å². The first-order valence-corrected chi connectivity index (χ1v) is 8.23. The Bertz CT molecular complexity index is 913. The van der Waals surface area contributed by atoms with Gasteiger partial charge in [-0.25, -0.2) is 0 Å². The molecule has 0 saturated heterocycles. The molecule has 0 aliphatic rings. The minimum Gasteiger partial charge on any atom is -0.344 e. The summed E-state index contributed by atoms with van der Waals surface area (Å²) >= 11 is 0. The van der Waals surface area contributed by atoms with Crippen molar-refractivity contribution < 1.29 is 4.92 Å². The number of hydrogen-bond donors (Lipinski definition) is 1. The second kappa shape index (κ2) is 7.17. The zero-order valence-electron chi connectivity index (χ0n) is 14.2. The number of aromatic nitrogens is 1. The van der Waals surface area contributed by atoms with Crippen molar-refractivity contribution in [2.45, 2.75) is 26.3 Å². The molecule has 6 nitrogen and oxygen atoms in total. The molecule has 0 amide bonds. The fourth-order valence-electron chi connectivity index (χ4n) is 2.73. The molecule has 3 rings (SSSR count). The summed E-state index contributed by atoms with van der Waals surface area (Å²) in [6.45, 7) is 4.37. The summed E-state index contributed by atoms with van der Waals surface area (Å²) in [5.74, 6) is 0. The maximum atomic E-state index is 10.7. The first-order valence-electron chi connectivity index (χ1n) is 8.23. The van der Waals surface area contributed by atoms with Crippen LogP contribution >= 0.6 is 0 Å². The van der Waals surface area contributed by atoms with Crippen LogP contribution in [0.5, 0.6) is 0 Å². The number of rotatable bonds is 6. The van der Waals surface area contributed by atoms with Crippen LogP contribution in [-0.2, 0) is 0 Å². The van der Waals surface area contributed by atoms with Crippen molar-refractivity contribution in [1.29, 1.82) is 0 Å². The van der Waals surface area contributed by atoms with Crippen LogP contribution in [0.2, 0.25) is 0 Å². The molecule has 1 atom stereocenters. The SMILES string of the molecule is CC[C@H](C)n1cc(/C=N/Nc2ccc([N+](=O)[O-])cc2)c2ccccc21. The molecule has 0 unspecified atom stereocenters. The third-order valence-corrected chi connectivity index (χ3v) is 4.31. The van der Waals surface area contributed by atoms with Gasteiger partial charge in [0.15, 0.2) is 0 Å². The average molecular weight is 336 g/mol. The molecule has 1 aromatic heterocycles. The van der Waals surface area contributed by atoms with Crippen molar-refractivity contribution in [3.05, 3.63) is 70.4 Å². The van der Waals surface area contributed by atoms with Crippen molar-refractivity contribution in [3.63, 3.8) is 0 Å². The zero-order chi connectivity index (χ0) is 17.8. The molecule has 0 fully saturated rings. The highest BCUT2D eigenvalue weighted by Gasteiger charge is 2.10. The van der Waals surface area contributed by atoms with Crippen LogP contribution in [-0.4, -0.2) is 15.7 Å². The minimum absolute atomic E-state index is 0.0613. The van der Waals surface area contributed by atoms with E-state index in [2.05, 4.69) is 47.3 Å². The van der Waals surface area contributed by atoms with Gasteiger partial charge in [-0.2, -0.15) is 5.10 Å². The van der Waals surface area contributed by atoms with Crippen LogP contribution in [0.15, 0.2) is 59.8 Å². The highest BCUT2D eigenvalue weighted by molar-refractivity contribution is 5.99. The van der Waals surface area contributed by atoms with Crippen molar-refractivity contribution >= 4 is 28.5 Å². The Morgan fingerprint density at radius 2 is 1.96 bits per heavy atom. The van der Waals surface area contributed by atoms with E-state index in [4.69, 9.17) is 0 Å². The van der Waals surface area contributed by atoms with Crippen molar-refractivity contribution in [2.75, 3.05) is 5.43 Å². The lowest BCUT2D eigenvalue weighted by Gasteiger charge is -2.12. The van der Waals surface area contributed by atoms with Crippen molar-refractivity contribution in [2.24, 2.45) is 5.10 Å². The van der Waals surface area contributed by atoms with Crippen LogP contribution in [0.3, 0.4) is 0 Å². The fraction of sp³-hybridized carbons (Fsp3) is 0.211. The maximum absolute atomic E-state index is 10.7. The van der Waals surface area contributed by atoms with E-state index in [1.807, 2.05) is 12.1 Å². The Hall–Kier alpha value is -3.15. The molecule has 1 N–H and O–H groups in total. The molecular formula is C19H20N4O2. The number of nitrogens with zero attached hydrogens (tertiary/aromatic N) is 3. The van der Waals surface area contributed by atoms with Crippen LogP contribution in [0.4, 0.5) is 11.4 Å². The molecule has 0 saturated carbocycles. The van der Waals surface area contributed by atoms with Gasteiger partial charge in [0.1, 0.15) is 0 Å².